The second kappa shape index (κ2) is 6.62. The Morgan fingerprint density at radius 3 is 2.73 bits per heavy atom. The van der Waals surface area contributed by atoms with Crippen LogP contribution >= 0.6 is 0 Å². The van der Waals surface area contributed by atoms with Gasteiger partial charge >= 0.3 is 0 Å². The number of furan rings is 1. The van der Waals surface area contributed by atoms with Crippen molar-refractivity contribution in [2.24, 2.45) is 0 Å². The van der Waals surface area contributed by atoms with Crippen LogP contribution in [0.4, 0.5) is 0 Å². The van der Waals surface area contributed by atoms with Crippen molar-refractivity contribution in [1.29, 1.82) is 0 Å². The number of hydrogen-bond donors (Lipinski definition) is 1. The Labute approximate surface area is 130 Å². The molecule has 22 heavy (non-hydrogen) atoms. The van der Waals surface area contributed by atoms with Crippen LogP contribution in [0.1, 0.15) is 37.7 Å². The minimum absolute atomic E-state index is 0.239. The molecule has 0 radical (unpaired) electrons. The zero-order valence-electron chi connectivity index (χ0n) is 12.4. The van der Waals surface area contributed by atoms with Crippen LogP contribution in [-0.4, -0.2) is 18.7 Å². The fraction of sp³-hybridized carbons (Fsp3) is 0.438. The predicted molar refractivity (Wildman–Crippen MR) is 84.6 cm³/mol. The van der Waals surface area contributed by atoms with E-state index in [1.807, 2.05) is 12.1 Å². The standard InChI is InChI=1S/C16H20N2O3S/c19-22(20,14-7-2-1-3-8-14)18-12-13-6-4-10-17-16(13)15-9-5-11-21-15/h4-6,9-11,14,18H,1-3,7-8,12H2. The topological polar surface area (TPSA) is 72.2 Å². The molecular weight excluding hydrogens is 300 g/mol. The highest BCUT2D eigenvalue weighted by atomic mass is 32.2. The first-order chi connectivity index (χ1) is 10.7. The van der Waals surface area contributed by atoms with E-state index in [9.17, 15) is 8.42 Å². The fourth-order valence-corrected chi connectivity index (χ4v) is 4.43. The van der Waals surface area contributed by atoms with E-state index in [1.165, 1.54) is 0 Å². The molecule has 2 heterocycles. The van der Waals surface area contributed by atoms with Crippen molar-refractivity contribution in [2.45, 2.75) is 43.9 Å². The van der Waals surface area contributed by atoms with Crippen LogP contribution in [0.5, 0.6) is 0 Å². The lowest BCUT2D eigenvalue weighted by Gasteiger charge is -2.22. The summed E-state index contributed by atoms with van der Waals surface area (Å²) in [5.41, 5.74) is 1.50. The average molecular weight is 320 g/mol. The SMILES string of the molecule is O=S(=O)(NCc1cccnc1-c1ccco1)C1CCCCC1. The van der Waals surface area contributed by atoms with Crippen molar-refractivity contribution < 1.29 is 12.8 Å². The molecule has 0 saturated heterocycles. The van der Waals surface area contributed by atoms with Gasteiger partial charge in [0.25, 0.3) is 0 Å². The average Bonchev–Trinajstić information content (AvgIpc) is 3.08. The van der Waals surface area contributed by atoms with Crippen LogP contribution in [0.25, 0.3) is 11.5 Å². The number of nitrogens with one attached hydrogen (secondary N) is 1. The van der Waals surface area contributed by atoms with Crippen LogP contribution in [0.3, 0.4) is 0 Å². The van der Waals surface area contributed by atoms with E-state index in [0.29, 0.717) is 11.5 Å². The first-order valence-electron chi connectivity index (χ1n) is 7.63. The summed E-state index contributed by atoms with van der Waals surface area (Å²) in [6.07, 6.45) is 7.90. The van der Waals surface area contributed by atoms with Gasteiger partial charge in [-0.2, -0.15) is 0 Å². The highest BCUT2D eigenvalue weighted by Gasteiger charge is 2.27. The molecule has 0 amide bonds. The first kappa shape index (κ1) is 15.2. The largest absolute Gasteiger partial charge is 0.463 e. The molecule has 3 rings (SSSR count). The summed E-state index contributed by atoms with van der Waals surface area (Å²) in [4.78, 5) is 4.31. The van der Waals surface area contributed by atoms with Crippen molar-refractivity contribution in [2.75, 3.05) is 0 Å². The highest BCUT2D eigenvalue weighted by Crippen LogP contribution is 2.25. The minimum Gasteiger partial charge on any atom is -0.463 e. The lowest BCUT2D eigenvalue weighted by Crippen LogP contribution is -2.35. The van der Waals surface area contributed by atoms with E-state index in [0.717, 1.165) is 37.7 Å². The van der Waals surface area contributed by atoms with Crippen molar-refractivity contribution in [1.82, 2.24) is 9.71 Å². The molecule has 1 aliphatic carbocycles. The molecule has 6 heteroatoms. The van der Waals surface area contributed by atoms with Crippen LogP contribution in [0.15, 0.2) is 41.1 Å². The Balaban J connectivity index is 1.74. The molecule has 118 valence electrons. The van der Waals surface area contributed by atoms with Gasteiger partial charge in [-0.05, 0) is 36.6 Å². The van der Waals surface area contributed by atoms with Gasteiger partial charge in [-0.1, -0.05) is 25.3 Å². The Morgan fingerprint density at radius 2 is 2.00 bits per heavy atom. The lowest BCUT2D eigenvalue weighted by molar-refractivity contribution is 0.477. The Kier molecular flexibility index (Phi) is 4.59. The molecule has 2 aromatic rings. The minimum atomic E-state index is -3.28. The molecule has 0 atom stereocenters. The van der Waals surface area contributed by atoms with Gasteiger partial charge in [0.2, 0.25) is 10.0 Å². The molecule has 0 spiro atoms. The fourth-order valence-electron chi connectivity index (χ4n) is 2.89. The molecule has 1 fully saturated rings. The summed E-state index contributed by atoms with van der Waals surface area (Å²) in [5, 5.41) is -0.259. The van der Waals surface area contributed by atoms with Gasteiger partial charge in [-0.25, -0.2) is 13.1 Å². The summed E-state index contributed by atoms with van der Waals surface area (Å²) >= 11 is 0. The third-order valence-electron chi connectivity index (χ3n) is 4.10. The van der Waals surface area contributed by atoms with Gasteiger partial charge < -0.3 is 4.42 Å². The molecule has 0 aliphatic heterocycles. The number of hydrogen-bond acceptors (Lipinski definition) is 4. The number of rotatable bonds is 5. The molecule has 1 aliphatic rings. The predicted octanol–water partition coefficient (Wildman–Crippen LogP) is 3.09. The smallest absolute Gasteiger partial charge is 0.214 e. The summed E-state index contributed by atoms with van der Waals surface area (Å²) in [5.74, 6) is 0.646. The molecule has 0 bridgehead atoms. The van der Waals surface area contributed by atoms with Gasteiger partial charge in [-0.15, -0.1) is 0 Å². The van der Waals surface area contributed by atoms with Gasteiger partial charge in [0.05, 0.1) is 11.5 Å². The number of sulfonamides is 1. The van der Waals surface area contributed by atoms with Crippen LogP contribution in [0.2, 0.25) is 0 Å². The molecule has 0 unspecified atom stereocenters. The van der Waals surface area contributed by atoms with Crippen molar-refractivity contribution in [3.05, 3.63) is 42.3 Å². The van der Waals surface area contributed by atoms with E-state index in [1.54, 1.807) is 24.6 Å². The second-order valence-corrected chi connectivity index (χ2v) is 7.66. The molecular formula is C16H20N2O3S. The maximum atomic E-state index is 12.4. The number of aromatic nitrogens is 1. The van der Waals surface area contributed by atoms with E-state index in [-0.39, 0.29) is 11.8 Å². The van der Waals surface area contributed by atoms with Gasteiger partial charge in [-0.3, -0.25) is 4.98 Å². The summed E-state index contributed by atoms with van der Waals surface area (Å²) in [6, 6.07) is 7.28. The Hall–Kier alpha value is -1.66. The normalized spacial score (nSPS) is 16.7. The van der Waals surface area contributed by atoms with Crippen molar-refractivity contribution >= 4 is 10.0 Å². The van der Waals surface area contributed by atoms with E-state index < -0.39 is 10.0 Å². The lowest BCUT2D eigenvalue weighted by atomic mass is 10.0. The first-order valence-corrected chi connectivity index (χ1v) is 9.18. The van der Waals surface area contributed by atoms with E-state index >= 15 is 0 Å². The second-order valence-electron chi connectivity index (χ2n) is 5.61. The van der Waals surface area contributed by atoms with Crippen molar-refractivity contribution in [3.8, 4) is 11.5 Å². The van der Waals surface area contributed by atoms with Gasteiger partial charge in [0.15, 0.2) is 5.76 Å². The maximum absolute atomic E-state index is 12.4. The van der Waals surface area contributed by atoms with Crippen molar-refractivity contribution in [3.63, 3.8) is 0 Å². The quantitative estimate of drug-likeness (QED) is 0.919. The molecule has 1 N–H and O–H groups in total. The van der Waals surface area contributed by atoms with Crippen LogP contribution in [0, 0.1) is 0 Å². The van der Waals surface area contributed by atoms with Crippen LogP contribution in [-0.2, 0) is 16.6 Å². The van der Waals surface area contributed by atoms with E-state index in [4.69, 9.17) is 4.42 Å². The maximum Gasteiger partial charge on any atom is 0.214 e. The number of pyridine rings is 1. The highest BCUT2D eigenvalue weighted by molar-refractivity contribution is 7.90. The van der Waals surface area contributed by atoms with E-state index in [2.05, 4.69) is 9.71 Å². The summed E-state index contributed by atoms with van der Waals surface area (Å²) < 4.78 is 32.9. The molecule has 0 aromatic carbocycles. The molecule has 5 nitrogen and oxygen atoms in total. The Morgan fingerprint density at radius 1 is 1.18 bits per heavy atom. The van der Waals surface area contributed by atoms with Gasteiger partial charge in [0, 0.05) is 12.7 Å². The van der Waals surface area contributed by atoms with Crippen LogP contribution < -0.4 is 4.72 Å². The number of nitrogens with zero attached hydrogens (tertiary/aromatic N) is 1. The monoisotopic (exact) mass is 320 g/mol. The summed E-state index contributed by atoms with van der Waals surface area (Å²) in [7, 11) is -3.28. The molecule has 2 aromatic heterocycles. The third-order valence-corrected chi connectivity index (χ3v) is 6.00. The van der Waals surface area contributed by atoms with Gasteiger partial charge in [0.1, 0.15) is 5.69 Å². The molecule has 1 saturated carbocycles. The third kappa shape index (κ3) is 3.39. The zero-order valence-corrected chi connectivity index (χ0v) is 13.2. The Bertz CT molecular complexity index is 705. The summed E-state index contributed by atoms with van der Waals surface area (Å²) in [6.45, 7) is 0.239. The zero-order chi connectivity index (χ0) is 15.4.